The molecule has 1 aromatic carbocycles. The molecule has 0 saturated carbocycles. The van der Waals surface area contributed by atoms with Gasteiger partial charge in [-0.1, -0.05) is 12.1 Å². The molecule has 2 fully saturated rings. The molecule has 25 heavy (non-hydrogen) atoms. The maximum Gasteiger partial charge on any atom is 0.220 e. The summed E-state index contributed by atoms with van der Waals surface area (Å²) in [5.41, 5.74) is 2.56. The Labute approximate surface area is 151 Å². The summed E-state index contributed by atoms with van der Waals surface area (Å²) in [5.74, 6) is 0.147. The van der Waals surface area contributed by atoms with E-state index in [0.29, 0.717) is 6.42 Å². The predicted molar refractivity (Wildman–Crippen MR) is 101 cm³/mol. The Bertz CT molecular complexity index is 520. The summed E-state index contributed by atoms with van der Waals surface area (Å²) < 4.78 is 5.33. The monoisotopic (exact) mass is 345 g/mol. The predicted octanol–water partition coefficient (Wildman–Crippen LogP) is 2.06. The Hall–Kier alpha value is -1.59. The van der Waals surface area contributed by atoms with Crippen molar-refractivity contribution in [2.45, 2.75) is 32.1 Å². The van der Waals surface area contributed by atoms with Crippen molar-refractivity contribution in [1.29, 1.82) is 0 Å². The first-order chi connectivity index (χ1) is 12.3. The normalized spacial score (nSPS) is 19.0. The molecule has 0 radical (unpaired) electrons. The van der Waals surface area contributed by atoms with E-state index in [1.54, 1.807) is 0 Å². The summed E-state index contributed by atoms with van der Waals surface area (Å²) in [5, 5.41) is 3.03. The minimum absolute atomic E-state index is 0.147. The molecule has 0 aliphatic carbocycles. The molecule has 2 heterocycles. The molecule has 2 aliphatic heterocycles. The van der Waals surface area contributed by atoms with Crippen molar-refractivity contribution in [3.8, 4) is 0 Å². The highest BCUT2D eigenvalue weighted by atomic mass is 16.5. The van der Waals surface area contributed by atoms with Crippen molar-refractivity contribution in [2.24, 2.45) is 0 Å². The highest BCUT2D eigenvalue weighted by molar-refractivity contribution is 5.76. The third-order valence-electron chi connectivity index (χ3n) is 5.15. The molecule has 138 valence electrons. The molecule has 2 aliphatic rings. The number of carbonyl (C=O) groups is 1. The van der Waals surface area contributed by atoms with Gasteiger partial charge in [-0.15, -0.1) is 0 Å². The van der Waals surface area contributed by atoms with Gasteiger partial charge in [-0.05, 0) is 43.4 Å². The molecule has 5 nitrogen and oxygen atoms in total. The van der Waals surface area contributed by atoms with Gasteiger partial charge in [-0.2, -0.15) is 0 Å². The highest BCUT2D eigenvalue weighted by Gasteiger charge is 2.12. The lowest BCUT2D eigenvalue weighted by Crippen LogP contribution is -2.41. The smallest absolute Gasteiger partial charge is 0.220 e. The van der Waals surface area contributed by atoms with Gasteiger partial charge in [-0.3, -0.25) is 9.69 Å². The number of anilines is 1. The van der Waals surface area contributed by atoms with Crippen LogP contribution in [0.5, 0.6) is 0 Å². The number of amides is 1. The summed E-state index contributed by atoms with van der Waals surface area (Å²) in [6.45, 7) is 7.55. The molecule has 0 unspecified atom stereocenters. The van der Waals surface area contributed by atoms with E-state index >= 15 is 0 Å². The highest BCUT2D eigenvalue weighted by Crippen LogP contribution is 2.20. The van der Waals surface area contributed by atoms with Gasteiger partial charge in [0.2, 0.25) is 5.91 Å². The maximum absolute atomic E-state index is 12.0. The minimum Gasteiger partial charge on any atom is -0.379 e. The Morgan fingerprint density at radius 3 is 2.44 bits per heavy atom. The number of benzene rings is 1. The molecular weight excluding hydrogens is 314 g/mol. The van der Waals surface area contributed by atoms with Crippen molar-refractivity contribution >= 4 is 11.6 Å². The van der Waals surface area contributed by atoms with E-state index in [9.17, 15) is 4.79 Å². The SMILES string of the molecule is O=C(CCc1ccc(N2CCCCC2)cc1)NCCN1CCOCC1. The number of rotatable bonds is 7. The molecule has 0 atom stereocenters. The van der Waals surface area contributed by atoms with Crippen LogP contribution < -0.4 is 10.2 Å². The number of aryl methyl sites for hydroxylation is 1. The Balaban J connectivity index is 1.34. The standard InChI is InChI=1S/C20H31N3O2/c24-20(21-10-13-22-14-16-25-17-15-22)9-6-18-4-7-19(8-5-18)23-11-2-1-3-12-23/h4-5,7-8H,1-3,6,9-17H2,(H,21,24). The summed E-state index contributed by atoms with van der Waals surface area (Å²) >= 11 is 0. The molecule has 3 rings (SSSR count). The molecule has 0 bridgehead atoms. The van der Waals surface area contributed by atoms with Crippen LogP contribution in [0.1, 0.15) is 31.2 Å². The largest absolute Gasteiger partial charge is 0.379 e. The van der Waals surface area contributed by atoms with Gasteiger partial charge in [0.15, 0.2) is 0 Å². The molecule has 1 N–H and O–H groups in total. The van der Waals surface area contributed by atoms with Crippen LogP contribution in [-0.2, 0) is 16.0 Å². The third kappa shape index (κ3) is 6.01. The first-order valence-corrected chi connectivity index (χ1v) is 9.72. The summed E-state index contributed by atoms with van der Waals surface area (Å²) in [6.07, 6.45) is 5.32. The maximum atomic E-state index is 12.0. The summed E-state index contributed by atoms with van der Waals surface area (Å²) in [7, 11) is 0. The van der Waals surface area contributed by atoms with Crippen molar-refractivity contribution in [2.75, 3.05) is 57.4 Å². The summed E-state index contributed by atoms with van der Waals surface area (Å²) in [6, 6.07) is 8.75. The van der Waals surface area contributed by atoms with Crippen molar-refractivity contribution in [1.82, 2.24) is 10.2 Å². The van der Waals surface area contributed by atoms with E-state index in [1.165, 1.54) is 43.6 Å². The van der Waals surface area contributed by atoms with Gasteiger partial charge in [0, 0.05) is 51.4 Å². The Kier molecular flexibility index (Phi) is 7.12. The average molecular weight is 345 g/mol. The lowest BCUT2D eigenvalue weighted by Gasteiger charge is -2.28. The number of piperidine rings is 1. The number of ether oxygens (including phenoxy) is 1. The second-order valence-electron chi connectivity index (χ2n) is 7.02. The Morgan fingerprint density at radius 1 is 1.00 bits per heavy atom. The van der Waals surface area contributed by atoms with E-state index in [0.717, 1.165) is 45.8 Å². The van der Waals surface area contributed by atoms with Crippen LogP contribution in [0.25, 0.3) is 0 Å². The van der Waals surface area contributed by atoms with E-state index in [1.807, 2.05) is 0 Å². The number of nitrogens with zero attached hydrogens (tertiary/aromatic N) is 2. The second-order valence-corrected chi connectivity index (χ2v) is 7.02. The van der Waals surface area contributed by atoms with Gasteiger partial charge >= 0.3 is 0 Å². The van der Waals surface area contributed by atoms with Crippen LogP contribution in [0.4, 0.5) is 5.69 Å². The number of nitrogens with one attached hydrogen (secondary N) is 1. The molecule has 2 saturated heterocycles. The van der Waals surface area contributed by atoms with Gasteiger partial charge in [0.25, 0.3) is 0 Å². The van der Waals surface area contributed by atoms with Crippen LogP contribution >= 0.6 is 0 Å². The average Bonchev–Trinajstić information content (AvgIpc) is 2.68. The zero-order valence-corrected chi connectivity index (χ0v) is 15.2. The fourth-order valence-electron chi connectivity index (χ4n) is 3.55. The van der Waals surface area contributed by atoms with E-state index in [2.05, 4.69) is 39.4 Å². The molecular formula is C20H31N3O2. The summed E-state index contributed by atoms with van der Waals surface area (Å²) in [4.78, 5) is 16.8. The van der Waals surface area contributed by atoms with Gasteiger partial charge < -0.3 is 15.0 Å². The van der Waals surface area contributed by atoms with E-state index in [-0.39, 0.29) is 5.91 Å². The van der Waals surface area contributed by atoms with E-state index in [4.69, 9.17) is 4.74 Å². The van der Waals surface area contributed by atoms with Crippen LogP contribution in [0.3, 0.4) is 0 Å². The number of carbonyl (C=O) groups excluding carboxylic acids is 1. The fourth-order valence-corrected chi connectivity index (χ4v) is 3.55. The van der Waals surface area contributed by atoms with Gasteiger partial charge in [0.05, 0.1) is 13.2 Å². The van der Waals surface area contributed by atoms with Gasteiger partial charge in [0.1, 0.15) is 0 Å². The zero-order chi connectivity index (χ0) is 17.3. The van der Waals surface area contributed by atoms with Crippen LogP contribution in [-0.4, -0.2) is 63.3 Å². The second kappa shape index (κ2) is 9.78. The molecule has 5 heteroatoms. The molecule has 0 aromatic heterocycles. The number of morpholine rings is 1. The third-order valence-corrected chi connectivity index (χ3v) is 5.15. The van der Waals surface area contributed by atoms with Crippen molar-refractivity contribution < 1.29 is 9.53 Å². The number of hydrogen-bond donors (Lipinski definition) is 1. The van der Waals surface area contributed by atoms with Gasteiger partial charge in [-0.25, -0.2) is 0 Å². The first-order valence-electron chi connectivity index (χ1n) is 9.72. The molecule has 1 aromatic rings. The zero-order valence-electron chi connectivity index (χ0n) is 15.2. The lowest BCUT2D eigenvalue weighted by molar-refractivity contribution is -0.121. The fraction of sp³-hybridized carbons (Fsp3) is 0.650. The molecule has 1 amide bonds. The van der Waals surface area contributed by atoms with Crippen LogP contribution in [0, 0.1) is 0 Å². The van der Waals surface area contributed by atoms with Crippen LogP contribution in [0.2, 0.25) is 0 Å². The quantitative estimate of drug-likeness (QED) is 0.822. The van der Waals surface area contributed by atoms with Crippen molar-refractivity contribution in [3.63, 3.8) is 0 Å². The lowest BCUT2D eigenvalue weighted by atomic mass is 10.1. The topological polar surface area (TPSA) is 44.8 Å². The minimum atomic E-state index is 0.147. The van der Waals surface area contributed by atoms with E-state index < -0.39 is 0 Å². The number of hydrogen-bond acceptors (Lipinski definition) is 4. The first kappa shape index (κ1) is 18.2. The Morgan fingerprint density at radius 2 is 1.72 bits per heavy atom. The van der Waals surface area contributed by atoms with Crippen LogP contribution in [0.15, 0.2) is 24.3 Å². The van der Waals surface area contributed by atoms with Crippen molar-refractivity contribution in [3.05, 3.63) is 29.8 Å². The molecule has 0 spiro atoms.